The summed E-state index contributed by atoms with van der Waals surface area (Å²) in [6, 6.07) is 8.01. The molecule has 0 bridgehead atoms. The van der Waals surface area contributed by atoms with E-state index < -0.39 is 0 Å². The van der Waals surface area contributed by atoms with Crippen LogP contribution in [0.4, 0.5) is 5.69 Å². The van der Waals surface area contributed by atoms with Crippen molar-refractivity contribution >= 4 is 11.6 Å². The van der Waals surface area contributed by atoms with Crippen LogP contribution in [-0.4, -0.2) is 19.0 Å². The highest BCUT2D eigenvalue weighted by molar-refractivity contribution is 5.92. The fraction of sp³-hybridized carbons (Fsp3) is 0.500. The number of carbonyl (C=O) groups excluding carboxylic acids is 1. The predicted molar refractivity (Wildman–Crippen MR) is 72.3 cm³/mol. The van der Waals surface area contributed by atoms with Crippen LogP contribution in [0.1, 0.15) is 38.7 Å². The van der Waals surface area contributed by atoms with Gasteiger partial charge < -0.3 is 10.6 Å². The number of anilines is 1. The molecule has 1 rings (SSSR count). The van der Waals surface area contributed by atoms with E-state index in [0.717, 1.165) is 18.7 Å². The van der Waals surface area contributed by atoms with Crippen molar-refractivity contribution in [1.29, 1.82) is 0 Å². The molecule has 0 aliphatic carbocycles. The second-order valence-corrected chi connectivity index (χ2v) is 4.50. The lowest BCUT2D eigenvalue weighted by molar-refractivity contribution is -0.115. The Morgan fingerprint density at radius 3 is 2.41 bits per heavy atom. The van der Waals surface area contributed by atoms with E-state index in [0.29, 0.717) is 12.5 Å². The summed E-state index contributed by atoms with van der Waals surface area (Å²) >= 11 is 0. The van der Waals surface area contributed by atoms with Crippen molar-refractivity contribution in [2.24, 2.45) is 0 Å². The highest BCUT2D eigenvalue weighted by Gasteiger charge is 2.02. The number of nitrogens with one attached hydrogen (secondary N) is 2. The van der Waals surface area contributed by atoms with Crippen LogP contribution in [0.2, 0.25) is 0 Å². The standard InChI is InChI=1S/C14H22N2O/c1-4-9-15-10-14(17)16-13-7-5-12(6-8-13)11(2)3/h5-8,11,15H,4,9-10H2,1-3H3,(H,16,17). The number of amides is 1. The quantitative estimate of drug-likeness (QED) is 0.743. The highest BCUT2D eigenvalue weighted by atomic mass is 16.1. The van der Waals surface area contributed by atoms with Crippen LogP contribution in [0.3, 0.4) is 0 Å². The van der Waals surface area contributed by atoms with Gasteiger partial charge in [0.25, 0.3) is 0 Å². The molecule has 0 saturated heterocycles. The molecule has 0 unspecified atom stereocenters. The van der Waals surface area contributed by atoms with Gasteiger partial charge in [0.2, 0.25) is 5.91 Å². The van der Waals surface area contributed by atoms with E-state index in [-0.39, 0.29) is 5.91 Å². The summed E-state index contributed by atoms with van der Waals surface area (Å²) < 4.78 is 0. The third-order valence-corrected chi connectivity index (χ3v) is 2.57. The molecule has 0 heterocycles. The Balaban J connectivity index is 2.43. The van der Waals surface area contributed by atoms with Crippen LogP contribution >= 0.6 is 0 Å². The Labute approximate surface area is 104 Å². The van der Waals surface area contributed by atoms with Gasteiger partial charge in [-0.1, -0.05) is 32.9 Å². The molecule has 0 aliphatic heterocycles. The van der Waals surface area contributed by atoms with Crippen molar-refractivity contribution in [2.45, 2.75) is 33.1 Å². The molecule has 0 aliphatic rings. The molecule has 3 nitrogen and oxygen atoms in total. The third kappa shape index (κ3) is 5.00. The lowest BCUT2D eigenvalue weighted by Crippen LogP contribution is -2.28. The summed E-state index contributed by atoms with van der Waals surface area (Å²) in [4.78, 5) is 11.5. The van der Waals surface area contributed by atoms with Crippen LogP contribution in [0.25, 0.3) is 0 Å². The summed E-state index contributed by atoms with van der Waals surface area (Å²) in [6.07, 6.45) is 1.04. The maximum atomic E-state index is 11.5. The van der Waals surface area contributed by atoms with Crippen molar-refractivity contribution < 1.29 is 4.79 Å². The second-order valence-electron chi connectivity index (χ2n) is 4.50. The van der Waals surface area contributed by atoms with Gasteiger partial charge in [-0.05, 0) is 36.6 Å². The van der Waals surface area contributed by atoms with E-state index in [1.165, 1.54) is 5.56 Å². The Hall–Kier alpha value is -1.35. The molecule has 1 amide bonds. The maximum absolute atomic E-state index is 11.5. The van der Waals surface area contributed by atoms with Crippen molar-refractivity contribution in [3.63, 3.8) is 0 Å². The van der Waals surface area contributed by atoms with E-state index in [1.807, 2.05) is 12.1 Å². The minimum Gasteiger partial charge on any atom is -0.325 e. The monoisotopic (exact) mass is 234 g/mol. The van der Waals surface area contributed by atoms with Gasteiger partial charge in [0.05, 0.1) is 6.54 Å². The molecular formula is C14H22N2O. The first kappa shape index (κ1) is 13.7. The van der Waals surface area contributed by atoms with Gasteiger partial charge in [-0.15, -0.1) is 0 Å². The van der Waals surface area contributed by atoms with E-state index in [2.05, 4.69) is 43.5 Å². The van der Waals surface area contributed by atoms with Gasteiger partial charge in [0, 0.05) is 5.69 Å². The maximum Gasteiger partial charge on any atom is 0.238 e. The van der Waals surface area contributed by atoms with Gasteiger partial charge in [-0.25, -0.2) is 0 Å². The van der Waals surface area contributed by atoms with Crippen molar-refractivity contribution in [1.82, 2.24) is 5.32 Å². The van der Waals surface area contributed by atoms with Gasteiger partial charge in [0.1, 0.15) is 0 Å². The minimum absolute atomic E-state index is 0.00995. The average Bonchev–Trinajstić information content (AvgIpc) is 2.30. The molecule has 2 N–H and O–H groups in total. The van der Waals surface area contributed by atoms with Crippen molar-refractivity contribution in [2.75, 3.05) is 18.4 Å². The van der Waals surface area contributed by atoms with Crippen LogP contribution in [-0.2, 0) is 4.79 Å². The number of hydrogen-bond acceptors (Lipinski definition) is 2. The molecule has 0 aromatic heterocycles. The summed E-state index contributed by atoms with van der Waals surface area (Å²) in [6.45, 7) is 7.64. The number of benzene rings is 1. The zero-order valence-electron chi connectivity index (χ0n) is 10.9. The molecule has 0 saturated carbocycles. The van der Waals surface area contributed by atoms with Gasteiger partial charge >= 0.3 is 0 Å². The Bertz CT molecular complexity index is 344. The average molecular weight is 234 g/mol. The smallest absolute Gasteiger partial charge is 0.238 e. The SMILES string of the molecule is CCCNCC(=O)Nc1ccc(C(C)C)cc1. The molecule has 17 heavy (non-hydrogen) atoms. The van der Waals surface area contributed by atoms with Gasteiger partial charge in [0.15, 0.2) is 0 Å². The normalized spacial score (nSPS) is 10.6. The zero-order chi connectivity index (χ0) is 12.7. The zero-order valence-corrected chi connectivity index (χ0v) is 10.9. The first-order valence-electron chi connectivity index (χ1n) is 6.24. The van der Waals surface area contributed by atoms with Gasteiger partial charge in [-0.2, -0.15) is 0 Å². The number of carbonyl (C=O) groups is 1. The van der Waals surface area contributed by atoms with Crippen LogP contribution in [0, 0.1) is 0 Å². The number of rotatable bonds is 6. The van der Waals surface area contributed by atoms with E-state index in [9.17, 15) is 4.79 Å². The predicted octanol–water partition coefficient (Wildman–Crippen LogP) is 2.75. The van der Waals surface area contributed by atoms with E-state index in [4.69, 9.17) is 0 Å². The molecule has 94 valence electrons. The Morgan fingerprint density at radius 2 is 1.88 bits per heavy atom. The first-order valence-corrected chi connectivity index (χ1v) is 6.24. The lowest BCUT2D eigenvalue weighted by atomic mass is 10.0. The molecule has 0 atom stereocenters. The topological polar surface area (TPSA) is 41.1 Å². The van der Waals surface area contributed by atoms with Crippen molar-refractivity contribution in [3.05, 3.63) is 29.8 Å². The van der Waals surface area contributed by atoms with E-state index in [1.54, 1.807) is 0 Å². The molecule has 1 aromatic carbocycles. The third-order valence-electron chi connectivity index (χ3n) is 2.57. The fourth-order valence-electron chi connectivity index (χ4n) is 1.54. The summed E-state index contributed by atoms with van der Waals surface area (Å²) in [7, 11) is 0. The fourth-order valence-corrected chi connectivity index (χ4v) is 1.54. The molecule has 0 spiro atoms. The lowest BCUT2D eigenvalue weighted by Gasteiger charge is -2.08. The van der Waals surface area contributed by atoms with Gasteiger partial charge in [-0.3, -0.25) is 4.79 Å². The summed E-state index contributed by atoms with van der Waals surface area (Å²) in [5, 5.41) is 5.94. The summed E-state index contributed by atoms with van der Waals surface area (Å²) in [5.74, 6) is 0.529. The molecule has 0 fully saturated rings. The largest absolute Gasteiger partial charge is 0.325 e. The van der Waals surface area contributed by atoms with E-state index >= 15 is 0 Å². The summed E-state index contributed by atoms with van der Waals surface area (Å²) in [5.41, 5.74) is 2.14. The molecule has 0 radical (unpaired) electrons. The minimum atomic E-state index is 0.00995. The number of hydrogen-bond donors (Lipinski definition) is 2. The van der Waals surface area contributed by atoms with Crippen molar-refractivity contribution in [3.8, 4) is 0 Å². The first-order chi connectivity index (χ1) is 8.13. The molecule has 1 aromatic rings. The second kappa shape index (κ2) is 7.07. The Kier molecular flexibility index (Phi) is 5.70. The molecular weight excluding hydrogens is 212 g/mol. The van der Waals surface area contributed by atoms with Crippen LogP contribution in [0.15, 0.2) is 24.3 Å². The Morgan fingerprint density at radius 1 is 1.24 bits per heavy atom. The van der Waals surface area contributed by atoms with Crippen LogP contribution < -0.4 is 10.6 Å². The highest BCUT2D eigenvalue weighted by Crippen LogP contribution is 2.16. The molecule has 3 heteroatoms. The van der Waals surface area contributed by atoms with Crippen LogP contribution in [0.5, 0.6) is 0 Å².